The number of phosphoric acid groups is 1. The average molecular weight is 754 g/mol. The monoisotopic (exact) mass is 754 g/mol. The molecule has 0 spiro atoms. The van der Waals surface area contributed by atoms with E-state index in [9.17, 15) is 19.0 Å². The molecule has 2 atom stereocenters. The van der Waals surface area contributed by atoms with Crippen LogP contribution < -0.4 is 4.89 Å². The van der Waals surface area contributed by atoms with Crippen LogP contribution in [0.25, 0.3) is 0 Å². The lowest BCUT2D eigenvalue weighted by atomic mass is 10.0. The number of hydrogen-bond donors (Lipinski definition) is 0. The van der Waals surface area contributed by atoms with Gasteiger partial charge in [0.1, 0.15) is 19.8 Å². The Morgan fingerprint density at radius 3 is 1.63 bits per heavy atom. The molecule has 0 N–H and O–H groups in total. The first-order valence-electron chi connectivity index (χ1n) is 20.4. The van der Waals surface area contributed by atoms with Crippen LogP contribution in [-0.2, 0) is 32.7 Å². The molecule has 0 aliphatic rings. The number of unbranched alkanes of at least 4 members (excludes halogenated alkanes) is 17. The van der Waals surface area contributed by atoms with Gasteiger partial charge in [-0.15, -0.1) is 0 Å². The van der Waals surface area contributed by atoms with Crippen LogP contribution in [0.3, 0.4) is 0 Å². The molecule has 52 heavy (non-hydrogen) atoms. The van der Waals surface area contributed by atoms with E-state index < -0.39 is 32.5 Å². The molecule has 0 aromatic heterocycles. The van der Waals surface area contributed by atoms with Crippen LogP contribution in [0, 0.1) is 0 Å². The van der Waals surface area contributed by atoms with E-state index in [0.29, 0.717) is 17.4 Å². The van der Waals surface area contributed by atoms with Crippen LogP contribution in [-0.4, -0.2) is 70.0 Å². The standard InChI is InChI=1S/C42H76NO8P/c1-6-8-10-12-14-16-18-20-21-23-24-26-28-30-32-34-41(44)48-38-40(39-50-52(46,47)49-37-36-43(3,4)5)51-42(45)35-33-31-29-27-25-22-19-17-15-13-11-9-7-2/h9,11,13,15,17,19,22,25,40H,6-8,10,12,14,16,18,20-21,23-24,26-39H2,1-5H3/b11-9+,15-13+,19-17+,25-22+. The number of esters is 2. The molecule has 0 saturated carbocycles. The van der Waals surface area contributed by atoms with Gasteiger partial charge < -0.3 is 27.9 Å². The number of carbonyl (C=O) groups is 2. The Bertz CT molecular complexity index is 1030. The van der Waals surface area contributed by atoms with Crippen LogP contribution in [0.5, 0.6) is 0 Å². The predicted molar refractivity (Wildman–Crippen MR) is 213 cm³/mol. The van der Waals surface area contributed by atoms with Crippen molar-refractivity contribution < 1.29 is 42.1 Å². The van der Waals surface area contributed by atoms with Gasteiger partial charge in [0.15, 0.2) is 6.10 Å². The van der Waals surface area contributed by atoms with Crippen molar-refractivity contribution in [2.24, 2.45) is 0 Å². The molecule has 0 radical (unpaired) electrons. The topological polar surface area (TPSA) is 111 Å². The van der Waals surface area contributed by atoms with Crippen LogP contribution in [0.1, 0.15) is 155 Å². The molecule has 2 unspecified atom stereocenters. The second kappa shape index (κ2) is 34.7. The maximum atomic E-state index is 12.6. The molecule has 9 nitrogen and oxygen atoms in total. The van der Waals surface area contributed by atoms with Crippen molar-refractivity contribution in [1.29, 1.82) is 0 Å². The summed E-state index contributed by atoms with van der Waals surface area (Å²) in [6.45, 7) is 4.03. The van der Waals surface area contributed by atoms with Gasteiger partial charge in [-0.1, -0.05) is 159 Å². The lowest BCUT2D eigenvalue weighted by molar-refractivity contribution is -0.870. The smallest absolute Gasteiger partial charge is 0.306 e. The van der Waals surface area contributed by atoms with E-state index in [0.717, 1.165) is 44.9 Å². The largest absolute Gasteiger partial charge is 0.756 e. The number of allylic oxidation sites excluding steroid dienone is 8. The van der Waals surface area contributed by atoms with Gasteiger partial charge in [0.05, 0.1) is 27.7 Å². The number of likely N-dealkylation sites (N-methyl/N-ethyl adjacent to an activating group) is 1. The molecule has 0 aliphatic heterocycles. The zero-order chi connectivity index (χ0) is 38.6. The molecule has 0 rings (SSSR count). The van der Waals surface area contributed by atoms with Gasteiger partial charge in [-0.05, 0) is 32.1 Å². The van der Waals surface area contributed by atoms with Crippen molar-refractivity contribution in [3.05, 3.63) is 48.6 Å². The third-order valence-electron chi connectivity index (χ3n) is 8.46. The van der Waals surface area contributed by atoms with Crippen molar-refractivity contribution in [3.63, 3.8) is 0 Å². The Kier molecular flexibility index (Phi) is 33.4. The lowest BCUT2D eigenvalue weighted by Crippen LogP contribution is -2.37. The summed E-state index contributed by atoms with van der Waals surface area (Å²) in [6.07, 6.45) is 38.6. The fourth-order valence-electron chi connectivity index (χ4n) is 5.25. The molecular formula is C42H76NO8P. The third-order valence-corrected chi connectivity index (χ3v) is 9.42. The van der Waals surface area contributed by atoms with Crippen LogP contribution >= 0.6 is 7.82 Å². The molecule has 0 amide bonds. The second-order valence-electron chi connectivity index (χ2n) is 14.7. The van der Waals surface area contributed by atoms with E-state index in [4.69, 9.17) is 18.5 Å². The van der Waals surface area contributed by atoms with Gasteiger partial charge in [0.25, 0.3) is 7.82 Å². The predicted octanol–water partition coefficient (Wildman–Crippen LogP) is 10.5. The van der Waals surface area contributed by atoms with E-state index in [1.54, 1.807) is 0 Å². The van der Waals surface area contributed by atoms with Crippen LogP contribution in [0.4, 0.5) is 0 Å². The summed E-state index contributed by atoms with van der Waals surface area (Å²) in [5.41, 5.74) is 0. The quantitative estimate of drug-likeness (QED) is 0.0204. The zero-order valence-electron chi connectivity index (χ0n) is 33.7. The van der Waals surface area contributed by atoms with Crippen molar-refractivity contribution in [1.82, 2.24) is 0 Å². The number of carbonyl (C=O) groups excluding carboxylic acids is 2. The van der Waals surface area contributed by atoms with Crippen molar-refractivity contribution >= 4 is 19.8 Å². The summed E-state index contributed by atoms with van der Waals surface area (Å²) < 4.78 is 33.8. The van der Waals surface area contributed by atoms with E-state index >= 15 is 0 Å². The highest BCUT2D eigenvalue weighted by atomic mass is 31.2. The normalized spacial score (nSPS) is 14.2. The number of rotatable bonds is 36. The summed E-state index contributed by atoms with van der Waals surface area (Å²) in [6, 6.07) is 0. The average Bonchev–Trinajstić information content (AvgIpc) is 3.09. The molecule has 0 heterocycles. The molecule has 0 aromatic rings. The minimum absolute atomic E-state index is 0.0395. The molecule has 0 bridgehead atoms. The molecule has 0 saturated heterocycles. The van der Waals surface area contributed by atoms with Gasteiger partial charge in [-0.25, -0.2) is 0 Å². The van der Waals surface area contributed by atoms with E-state index in [1.807, 2.05) is 57.6 Å². The maximum absolute atomic E-state index is 12.6. The first-order chi connectivity index (χ1) is 25.0. The summed E-state index contributed by atoms with van der Waals surface area (Å²) in [5, 5.41) is 0. The summed E-state index contributed by atoms with van der Waals surface area (Å²) in [4.78, 5) is 37.4. The van der Waals surface area contributed by atoms with Gasteiger partial charge in [0, 0.05) is 12.8 Å². The Balaban J connectivity index is 4.45. The van der Waals surface area contributed by atoms with Crippen molar-refractivity contribution in [3.8, 4) is 0 Å². The Labute approximate surface area is 318 Å². The SMILES string of the molecule is CC/C=C/C=C/C=C/C=C/CCCCCC(=O)OC(COC(=O)CCCCCCCCCCCCCCCCC)COP(=O)([O-])OCC[N+](C)(C)C. The molecule has 0 aliphatic carbocycles. The Morgan fingerprint density at radius 1 is 0.615 bits per heavy atom. The molecule has 10 heteroatoms. The minimum atomic E-state index is -4.63. The van der Waals surface area contributed by atoms with Gasteiger partial charge >= 0.3 is 11.9 Å². The van der Waals surface area contributed by atoms with Gasteiger partial charge in [-0.2, -0.15) is 0 Å². The minimum Gasteiger partial charge on any atom is -0.756 e. The molecule has 0 aromatic carbocycles. The number of hydrogen-bond acceptors (Lipinski definition) is 8. The molecular weight excluding hydrogens is 677 g/mol. The first kappa shape index (κ1) is 50.0. The maximum Gasteiger partial charge on any atom is 0.306 e. The highest BCUT2D eigenvalue weighted by Gasteiger charge is 2.21. The van der Waals surface area contributed by atoms with E-state index in [-0.39, 0.29) is 26.1 Å². The first-order valence-corrected chi connectivity index (χ1v) is 21.9. The summed E-state index contributed by atoms with van der Waals surface area (Å²) in [7, 11) is 1.13. The number of ether oxygens (including phenoxy) is 2. The summed E-state index contributed by atoms with van der Waals surface area (Å²) in [5.74, 6) is -0.881. The van der Waals surface area contributed by atoms with Crippen molar-refractivity contribution in [2.75, 3.05) is 47.5 Å². The fraction of sp³-hybridized carbons (Fsp3) is 0.762. The van der Waals surface area contributed by atoms with Gasteiger partial charge in [0.2, 0.25) is 0 Å². The van der Waals surface area contributed by atoms with Gasteiger partial charge in [-0.3, -0.25) is 14.2 Å². The fourth-order valence-corrected chi connectivity index (χ4v) is 5.98. The third kappa shape index (κ3) is 37.7. The Hall–Kier alpha value is -2.03. The number of phosphoric ester groups is 1. The second-order valence-corrected chi connectivity index (χ2v) is 16.1. The number of nitrogens with zero attached hydrogens (tertiary/aromatic N) is 1. The van der Waals surface area contributed by atoms with Crippen LogP contribution in [0.15, 0.2) is 48.6 Å². The highest BCUT2D eigenvalue weighted by molar-refractivity contribution is 7.45. The number of quaternary nitrogens is 1. The summed E-state index contributed by atoms with van der Waals surface area (Å²) >= 11 is 0. The lowest BCUT2D eigenvalue weighted by Gasteiger charge is -2.28. The van der Waals surface area contributed by atoms with E-state index in [2.05, 4.69) is 26.0 Å². The highest BCUT2D eigenvalue weighted by Crippen LogP contribution is 2.38. The Morgan fingerprint density at radius 2 is 1.10 bits per heavy atom. The molecule has 0 fully saturated rings. The van der Waals surface area contributed by atoms with Crippen LogP contribution in [0.2, 0.25) is 0 Å². The molecule has 302 valence electrons. The van der Waals surface area contributed by atoms with Crippen molar-refractivity contribution in [2.45, 2.75) is 161 Å². The van der Waals surface area contributed by atoms with E-state index in [1.165, 1.54) is 77.0 Å². The zero-order valence-corrected chi connectivity index (χ0v) is 34.6.